The number of halogens is 2. The summed E-state index contributed by atoms with van der Waals surface area (Å²) in [5, 5.41) is 10.7. The zero-order valence-corrected chi connectivity index (χ0v) is 9.55. The molecule has 0 bridgehead atoms. The average molecular weight is 266 g/mol. The van der Waals surface area contributed by atoms with E-state index in [1.165, 1.54) is 24.4 Å². The van der Waals surface area contributed by atoms with Crippen LogP contribution in [0.1, 0.15) is 5.56 Å². The molecule has 0 unspecified atom stereocenters. The van der Waals surface area contributed by atoms with Crippen LogP contribution in [0.25, 0.3) is 0 Å². The molecule has 0 aliphatic heterocycles. The molecular formula is C12H8F2N2O3. The van der Waals surface area contributed by atoms with E-state index in [0.29, 0.717) is 0 Å². The van der Waals surface area contributed by atoms with Crippen LogP contribution in [-0.4, -0.2) is 9.91 Å². The summed E-state index contributed by atoms with van der Waals surface area (Å²) in [4.78, 5) is 13.5. The number of ether oxygens (including phenoxy) is 1. The van der Waals surface area contributed by atoms with E-state index in [0.717, 1.165) is 12.1 Å². The molecule has 5 nitrogen and oxygen atoms in total. The highest BCUT2D eigenvalue weighted by Gasteiger charge is 2.17. The molecule has 98 valence electrons. The number of benzene rings is 1. The highest BCUT2D eigenvalue weighted by Crippen LogP contribution is 2.24. The number of hydrogen-bond donors (Lipinski definition) is 0. The van der Waals surface area contributed by atoms with E-state index in [1.54, 1.807) is 0 Å². The molecule has 0 amide bonds. The summed E-state index contributed by atoms with van der Waals surface area (Å²) in [6.45, 7) is -0.453. The fourth-order valence-electron chi connectivity index (χ4n) is 1.45. The number of rotatable bonds is 4. The van der Waals surface area contributed by atoms with Gasteiger partial charge in [-0.2, -0.15) is 0 Å². The smallest absolute Gasteiger partial charge is 0.406 e. The van der Waals surface area contributed by atoms with Gasteiger partial charge in [0.15, 0.2) is 0 Å². The Balaban J connectivity index is 2.22. The van der Waals surface area contributed by atoms with Gasteiger partial charge < -0.3 is 14.9 Å². The average Bonchev–Trinajstić information content (AvgIpc) is 2.38. The minimum atomic E-state index is -0.772. The van der Waals surface area contributed by atoms with Crippen LogP contribution < -0.4 is 4.74 Å². The minimum Gasteiger partial charge on any atom is -0.481 e. The molecule has 1 aromatic heterocycles. The lowest BCUT2D eigenvalue weighted by Crippen LogP contribution is -2.04. The monoisotopic (exact) mass is 266 g/mol. The molecule has 0 N–H and O–H groups in total. The summed E-state index contributed by atoms with van der Waals surface area (Å²) in [5.41, 5.74) is -0.291. The van der Waals surface area contributed by atoms with Crippen molar-refractivity contribution in [2.45, 2.75) is 6.61 Å². The lowest BCUT2D eigenvalue weighted by molar-refractivity contribution is -0.390. The van der Waals surface area contributed by atoms with Gasteiger partial charge in [0.25, 0.3) is 0 Å². The third-order valence-corrected chi connectivity index (χ3v) is 2.36. The predicted octanol–water partition coefficient (Wildman–Crippen LogP) is 2.85. The highest BCUT2D eigenvalue weighted by atomic mass is 19.1. The molecule has 0 fully saturated rings. The van der Waals surface area contributed by atoms with Crippen LogP contribution in [0.2, 0.25) is 0 Å². The van der Waals surface area contributed by atoms with Crippen molar-refractivity contribution >= 4 is 5.82 Å². The van der Waals surface area contributed by atoms with Gasteiger partial charge in [-0.25, -0.2) is 8.78 Å². The first kappa shape index (κ1) is 12.9. The maximum atomic E-state index is 13.3. The van der Waals surface area contributed by atoms with E-state index in [9.17, 15) is 18.9 Å². The molecule has 2 aromatic rings. The van der Waals surface area contributed by atoms with Crippen LogP contribution >= 0.6 is 0 Å². The SMILES string of the molecule is O=[N+]([O-])c1ncccc1OCc1c(F)cccc1F. The molecule has 0 atom stereocenters. The standard InChI is InChI=1S/C12H8F2N2O3/c13-9-3-1-4-10(14)8(9)7-19-11-5-2-6-15-12(11)16(17)18/h1-6H,7H2. The Kier molecular flexibility index (Phi) is 3.65. The Morgan fingerprint density at radius 2 is 1.89 bits per heavy atom. The van der Waals surface area contributed by atoms with Gasteiger partial charge in [0.1, 0.15) is 24.4 Å². The second-order valence-corrected chi connectivity index (χ2v) is 3.57. The van der Waals surface area contributed by atoms with Crippen molar-refractivity contribution in [3.8, 4) is 5.75 Å². The first-order chi connectivity index (χ1) is 9.09. The molecule has 0 aliphatic carbocycles. The summed E-state index contributed by atoms with van der Waals surface area (Å²) >= 11 is 0. The molecule has 0 spiro atoms. The number of nitro groups is 1. The summed E-state index contributed by atoms with van der Waals surface area (Å²) in [5.74, 6) is -2.19. The second-order valence-electron chi connectivity index (χ2n) is 3.57. The predicted molar refractivity (Wildman–Crippen MR) is 61.6 cm³/mol. The zero-order chi connectivity index (χ0) is 13.8. The second kappa shape index (κ2) is 5.38. The molecule has 0 radical (unpaired) electrons. The van der Waals surface area contributed by atoms with Crippen LogP contribution in [0.5, 0.6) is 5.75 Å². The van der Waals surface area contributed by atoms with Gasteiger partial charge in [0.2, 0.25) is 5.75 Å². The molecule has 2 rings (SSSR count). The Hall–Kier alpha value is -2.57. The first-order valence-electron chi connectivity index (χ1n) is 5.24. The Labute approximate surface area is 106 Å². The van der Waals surface area contributed by atoms with E-state index < -0.39 is 29.0 Å². The van der Waals surface area contributed by atoms with Crippen molar-refractivity contribution in [2.24, 2.45) is 0 Å². The summed E-state index contributed by atoms with van der Waals surface area (Å²) in [6.07, 6.45) is 1.23. The molecule has 1 heterocycles. The maximum Gasteiger partial charge on any atom is 0.406 e. The number of pyridine rings is 1. The quantitative estimate of drug-likeness (QED) is 0.630. The minimum absolute atomic E-state index is 0.143. The fraction of sp³-hybridized carbons (Fsp3) is 0.0833. The van der Waals surface area contributed by atoms with Gasteiger partial charge >= 0.3 is 5.82 Å². The molecular weight excluding hydrogens is 258 g/mol. The van der Waals surface area contributed by atoms with E-state index in [-0.39, 0.29) is 11.3 Å². The topological polar surface area (TPSA) is 65.3 Å². The fourth-order valence-corrected chi connectivity index (χ4v) is 1.45. The number of nitrogens with zero attached hydrogens (tertiary/aromatic N) is 2. The van der Waals surface area contributed by atoms with Crippen molar-refractivity contribution < 1.29 is 18.4 Å². The van der Waals surface area contributed by atoms with Gasteiger partial charge in [-0.15, -0.1) is 0 Å². The van der Waals surface area contributed by atoms with Gasteiger partial charge in [-0.05, 0) is 34.2 Å². The Morgan fingerprint density at radius 1 is 1.21 bits per heavy atom. The Bertz CT molecular complexity index is 599. The van der Waals surface area contributed by atoms with Crippen LogP contribution in [-0.2, 0) is 6.61 Å². The van der Waals surface area contributed by atoms with Crippen molar-refractivity contribution in [1.29, 1.82) is 0 Å². The van der Waals surface area contributed by atoms with Crippen LogP contribution in [0, 0.1) is 21.7 Å². The van der Waals surface area contributed by atoms with E-state index in [1.807, 2.05) is 0 Å². The number of aromatic nitrogens is 1. The lowest BCUT2D eigenvalue weighted by atomic mass is 10.2. The first-order valence-corrected chi connectivity index (χ1v) is 5.24. The van der Waals surface area contributed by atoms with Crippen LogP contribution in [0.3, 0.4) is 0 Å². The van der Waals surface area contributed by atoms with Crippen LogP contribution in [0.4, 0.5) is 14.6 Å². The summed E-state index contributed by atoms with van der Waals surface area (Å²) < 4.78 is 31.7. The maximum absolute atomic E-state index is 13.3. The molecule has 0 aliphatic rings. The van der Waals surface area contributed by atoms with Gasteiger partial charge in [-0.3, -0.25) is 0 Å². The highest BCUT2D eigenvalue weighted by molar-refractivity contribution is 5.38. The van der Waals surface area contributed by atoms with E-state index in [4.69, 9.17) is 4.74 Å². The largest absolute Gasteiger partial charge is 0.481 e. The summed E-state index contributed by atoms with van der Waals surface area (Å²) in [6, 6.07) is 6.13. The van der Waals surface area contributed by atoms with Crippen molar-refractivity contribution in [2.75, 3.05) is 0 Å². The number of hydrogen-bond acceptors (Lipinski definition) is 4. The van der Waals surface area contributed by atoms with Gasteiger partial charge in [0.05, 0.1) is 5.56 Å². The third kappa shape index (κ3) is 2.82. The summed E-state index contributed by atoms with van der Waals surface area (Å²) in [7, 11) is 0. The third-order valence-electron chi connectivity index (χ3n) is 2.36. The van der Waals surface area contributed by atoms with Crippen LogP contribution in [0.15, 0.2) is 36.5 Å². The van der Waals surface area contributed by atoms with E-state index >= 15 is 0 Å². The van der Waals surface area contributed by atoms with Gasteiger partial charge in [-0.1, -0.05) is 6.07 Å². The normalized spacial score (nSPS) is 10.2. The molecule has 0 saturated heterocycles. The Morgan fingerprint density at radius 3 is 2.53 bits per heavy atom. The van der Waals surface area contributed by atoms with Crippen molar-refractivity contribution in [3.63, 3.8) is 0 Å². The van der Waals surface area contributed by atoms with E-state index in [2.05, 4.69) is 4.98 Å². The van der Waals surface area contributed by atoms with Gasteiger partial charge in [0, 0.05) is 0 Å². The molecule has 7 heteroatoms. The van der Waals surface area contributed by atoms with Crippen molar-refractivity contribution in [3.05, 3.63) is 63.8 Å². The molecule has 1 aromatic carbocycles. The zero-order valence-electron chi connectivity index (χ0n) is 9.55. The molecule has 19 heavy (non-hydrogen) atoms. The lowest BCUT2D eigenvalue weighted by Gasteiger charge is -2.07. The molecule has 0 saturated carbocycles. The van der Waals surface area contributed by atoms with Crippen molar-refractivity contribution in [1.82, 2.24) is 4.98 Å².